The van der Waals surface area contributed by atoms with E-state index in [2.05, 4.69) is 0 Å². The zero-order valence-electron chi connectivity index (χ0n) is 10.2. The van der Waals surface area contributed by atoms with Gasteiger partial charge in [0.15, 0.2) is 5.12 Å². The maximum absolute atomic E-state index is 13.3. The molecule has 4 N–H and O–H groups in total. The van der Waals surface area contributed by atoms with Crippen LogP contribution in [0, 0.1) is 12.7 Å². The van der Waals surface area contributed by atoms with Crippen molar-refractivity contribution in [3.63, 3.8) is 0 Å². The zero-order chi connectivity index (χ0) is 13.9. The molecule has 0 saturated heterocycles. The van der Waals surface area contributed by atoms with E-state index in [-0.39, 0.29) is 22.1 Å². The lowest BCUT2D eigenvalue weighted by Crippen LogP contribution is -2.22. The molecule has 4 nitrogen and oxygen atoms in total. The molecule has 0 fully saturated rings. The average Bonchev–Trinajstić information content (AvgIpc) is 2.29. The SMILES string of the molecule is CC(=O)SCC(O)C(O)c1cc(F)c(N)cc1C. The molecular weight excluding hydrogens is 257 g/mol. The molecule has 100 valence electrons. The first-order valence-corrected chi connectivity index (χ1v) is 6.36. The Morgan fingerprint density at radius 2 is 2.11 bits per heavy atom. The Morgan fingerprint density at radius 1 is 1.50 bits per heavy atom. The number of anilines is 1. The number of halogens is 1. The number of rotatable bonds is 4. The fraction of sp³-hybridized carbons (Fsp3) is 0.417. The van der Waals surface area contributed by atoms with Gasteiger partial charge < -0.3 is 15.9 Å². The Hall–Kier alpha value is -1.11. The Labute approximate surface area is 109 Å². The topological polar surface area (TPSA) is 83.5 Å². The summed E-state index contributed by atoms with van der Waals surface area (Å²) in [5.74, 6) is -0.580. The van der Waals surface area contributed by atoms with Crippen LogP contribution in [0.15, 0.2) is 12.1 Å². The first-order valence-electron chi connectivity index (χ1n) is 5.38. The first kappa shape index (κ1) is 14.9. The van der Waals surface area contributed by atoms with Gasteiger partial charge in [0.1, 0.15) is 11.9 Å². The van der Waals surface area contributed by atoms with Crippen LogP contribution in [0.3, 0.4) is 0 Å². The third kappa shape index (κ3) is 3.69. The molecule has 0 saturated carbocycles. The number of aryl methyl sites for hydroxylation is 1. The van der Waals surface area contributed by atoms with Crippen molar-refractivity contribution < 1.29 is 19.4 Å². The Bertz CT molecular complexity index is 453. The standard InChI is InChI=1S/C12H16FNO3S/c1-6-3-10(14)9(13)4-8(6)12(17)11(16)5-18-7(2)15/h3-4,11-12,16-17H,5,14H2,1-2H3. The van der Waals surface area contributed by atoms with Crippen molar-refractivity contribution in [1.82, 2.24) is 0 Å². The highest BCUT2D eigenvalue weighted by atomic mass is 32.2. The summed E-state index contributed by atoms with van der Waals surface area (Å²) in [6.45, 7) is 3.04. The molecule has 1 aromatic carbocycles. The highest BCUT2D eigenvalue weighted by Gasteiger charge is 2.22. The molecule has 0 radical (unpaired) electrons. The van der Waals surface area contributed by atoms with E-state index < -0.39 is 18.0 Å². The smallest absolute Gasteiger partial charge is 0.185 e. The van der Waals surface area contributed by atoms with E-state index >= 15 is 0 Å². The molecular formula is C12H16FNO3S. The normalized spacial score (nSPS) is 14.3. The predicted molar refractivity (Wildman–Crippen MR) is 69.7 cm³/mol. The summed E-state index contributed by atoms with van der Waals surface area (Å²) >= 11 is 0.908. The molecule has 0 aliphatic rings. The van der Waals surface area contributed by atoms with Crippen LogP contribution in [0.25, 0.3) is 0 Å². The van der Waals surface area contributed by atoms with E-state index in [4.69, 9.17) is 5.73 Å². The lowest BCUT2D eigenvalue weighted by Gasteiger charge is -2.19. The summed E-state index contributed by atoms with van der Waals surface area (Å²) in [6, 6.07) is 2.51. The molecule has 2 unspecified atom stereocenters. The molecule has 1 rings (SSSR count). The van der Waals surface area contributed by atoms with Crippen molar-refractivity contribution in [2.75, 3.05) is 11.5 Å². The fourth-order valence-corrected chi connectivity index (χ4v) is 2.13. The van der Waals surface area contributed by atoms with Crippen LogP contribution in [0.2, 0.25) is 0 Å². The van der Waals surface area contributed by atoms with Crippen LogP contribution in [0.5, 0.6) is 0 Å². The van der Waals surface area contributed by atoms with Gasteiger partial charge in [-0.1, -0.05) is 11.8 Å². The summed E-state index contributed by atoms with van der Waals surface area (Å²) in [7, 11) is 0. The van der Waals surface area contributed by atoms with Gasteiger partial charge in [0.2, 0.25) is 0 Å². The maximum atomic E-state index is 13.3. The van der Waals surface area contributed by atoms with E-state index in [0.29, 0.717) is 5.56 Å². The van der Waals surface area contributed by atoms with Crippen LogP contribution < -0.4 is 5.73 Å². The van der Waals surface area contributed by atoms with Gasteiger partial charge in [-0.15, -0.1) is 0 Å². The summed E-state index contributed by atoms with van der Waals surface area (Å²) in [4.78, 5) is 10.8. The van der Waals surface area contributed by atoms with Crippen molar-refractivity contribution in [3.05, 3.63) is 29.1 Å². The molecule has 1 aromatic rings. The third-order valence-electron chi connectivity index (χ3n) is 2.53. The van der Waals surface area contributed by atoms with Crippen molar-refractivity contribution in [1.29, 1.82) is 0 Å². The van der Waals surface area contributed by atoms with Gasteiger partial charge in [0.25, 0.3) is 0 Å². The second-order valence-electron chi connectivity index (χ2n) is 4.05. The molecule has 2 atom stereocenters. The number of benzene rings is 1. The summed E-state index contributed by atoms with van der Waals surface area (Å²) < 4.78 is 13.3. The summed E-state index contributed by atoms with van der Waals surface area (Å²) in [5.41, 5.74) is 6.26. The van der Waals surface area contributed by atoms with Gasteiger partial charge >= 0.3 is 0 Å². The van der Waals surface area contributed by atoms with Crippen molar-refractivity contribution in [2.24, 2.45) is 0 Å². The van der Waals surface area contributed by atoms with Crippen molar-refractivity contribution >= 4 is 22.6 Å². The molecule has 6 heteroatoms. The van der Waals surface area contributed by atoms with Crippen LogP contribution in [-0.4, -0.2) is 27.2 Å². The molecule has 18 heavy (non-hydrogen) atoms. The van der Waals surface area contributed by atoms with Gasteiger partial charge in [-0.2, -0.15) is 0 Å². The predicted octanol–water partition coefficient (Wildman–Crippen LogP) is 1.39. The zero-order valence-corrected chi connectivity index (χ0v) is 11.0. The third-order valence-corrected chi connectivity index (χ3v) is 3.44. The number of hydrogen-bond acceptors (Lipinski definition) is 5. The number of nitrogen functional groups attached to an aromatic ring is 1. The second-order valence-corrected chi connectivity index (χ2v) is 5.24. The lowest BCUT2D eigenvalue weighted by molar-refractivity contribution is -0.109. The average molecular weight is 273 g/mol. The molecule has 0 aliphatic heterocycles. The first-order chi connectivity index (χ1) is 8.32. The van der Waals surface area contributed by atoms with Gasteiger partial charge in [-0.05, 0) is 30.2 Å². The van der Waals surface area contributed by atoms with E-state index in [9.17, 15) is 19.4 Å². The Balaban J connectivity index is 2.86. The fourth-order valence-electron chi connectivity index (χ4n) is 1.54. The molecule has 0 aromatic heterocycles. The Kier molecular flexibility index (Phi) is 5.13. The summed E-state index contributed by atoms with van der Waals surface area (Å²) in [5, 5.41) is 19.5. The lowest BCUT2D eigenvalue weighted by atomic mass is 9.99. The van der Waals surface area contributed by atoms with Gasteiger partial charge in [-0.3, -0.25) is 4.79 Å². The minimum atomic E-state index is -1.24. The minimum absolute atomic E-state index is 0.00366. The number of carbonyl (C=O) groups excluding carboxylic acids is 1. The van der Waals surface area contributed by atoms with E-state index in [1.807, 2.05) is 0 Å². The van der Waals surface area contributed by atoms with E-state index in [0.717, 1.165) is 17.8 Å². The highest BCUT2D eigenvalue weighted by Crippen LogP contribution is 2.26. The quantitative estimate of drug-likeness (QED) is 0.722. The monoisotopic (exact) mass is 273 g/mol. The second kappa shape index (κ2) is 6.17. The molecule has 0 aliphatic carbocycles. The van der Waals surface area contributed by atoms with E-state index in [1.165, 1.54) is 13.0 Å². The van der Waals surface area contributed by atoms with Crippen LogP contribution in [-0.2, 0) is 4.79 Å². The number of aliphatic hydroxyl groups excluding tert-OH is 2. The number of aliphatic hydroxyl groups is 2. The Morgan fingerprint density at radius 3 is 2.67 bits per heavy atom. The maximum Gasteiger partial charge on any atom is 0.185 e. The van der Waals surface area contributed by atoms with Crippen molar-refractivity contribution in [3.8, 4) is 0 Å². The van der Waals surface area contributed by atoms with Gasteiger partial charge in [0.05, 0.1) is 11.8 Å². The highest BCUT2D eigenvalue weighted by molar-refractivity contribution is 8.13. The summed E-state index contributed by atoms with van der Waals surface area (Å²) in [6.07, 6.45) is -2.38. The van der Waals surface area contributed by atoms with Crippen LogP contribution in [0.1, 0.15) is 24.2 Å². The molecule has 0 spiro atoms. The number of hydrogen-bond donors (Lipinski definition) is 3. The number of thioether (sulfide) groups is 1. The molecule has 0 amide bonds. The largest absolute Gasteiger partial charge is 0.396 e. The number of nitrogens with two attached hydrogens (primary N) is 1. The number of carbonyl (C=O) groups is 1. The van der Waals surface area contributed by atoms with Gasteiger partial charge in [0, 0.05) is 12.7 Å². The van der Waals surface area contributed by atoms with Crippen molar-refractivity contribution in [2.45, 2.75) is 26.1 Å². The molecule has 0 heterocycles. The van der Waals surface area contributed by atoms with Gasteiger partial charge in [-0.25, -0.2) is 4.39 Å². The molecule has 0 bridgehead atoms. The van der Waals surface area contributed by atoms with Crippen LogP contribution >= 0.6 is 11.8 Å². The van der Waals surface area contributed by atoms with E-state index in [1.54, 1.807) is 6.92 Å². The van der Waals surface area contributed by atoms with Crippen LogP contribution in [0.4, 0.5) is 10.1 Å². The minimum Gasteiger partial charge on any atom is -0.396 e.